The average Bonchev–Trinajstić information content (AvgIpc) is 1.96. The van der Waals surface area contributed by atoms with E-state index in [4.69, 9.17) is 0 Å². The van der Waals surface area contributed by atoms with Crippen LogP contribution in [0.1, 0.15) is 53.4 Å². The second kappa shape index (κ2) is 4.30. The maximum absolute atomic E-state index is 2.44. The van der Waals surface area contributed by atoms with Gasteiger partial charge in [-0.05, 0) is 36.5 Å². The van der Waals surface area contributed by atoms with Gasteiger partial charge in [0.15, 0.2) is 0 Å². The summed E-state index contributed by atoms with van der Waals surface area (Å²) in [4.78, 5) is 0. The first-order chi connectivity index (χ1) is 5.59. The van der Waals surface area contributed by atoms with Gasteiger partial charge in [0.1, 0.15) is 0 Å². The standard InChI is InChI=1S/C12H24/c1-9(2)7-12-8-10(3)5-6-11(12)4/h9-12H,5-8H2,1-4H3/t10-,11-,12-/m0/s1. The number of hydrogen-bond acceptors (Lipinski definition) is 0. The van der Waals surface area contributed by atoms with Crippen molar-refractivity contribution >= 4 is 0 Å². The van der Waals surface area contributed by atoms with Gasteiger partial charge in [0.05, 0.1) is 0 Å². The fourth-order valence-corrected chi connectivity index (χ4v) is 2.58. The molecule has 0 radical (unpaired) electrons. The van der Waals surface area contributed by atoms with Crippen molar-refractivity contribution in [2.45, 2.75) is 53.4 Å². The molecule has 0 spiro atoms. The molecule has 1 saturated carbocycles. The lowest BCUT2D eigenvalue weighted by Gasteiger charge is -2.33. The molecule has 1 fully saturated rings. The Morgan fingerprint density at radius 3 is 2.42 bits per heavy atom. The van der Waals surface area contributed by atoms with Crippen LogP contribution in [0, 0.1) is 23.7 Å². The Balaban J connectivity index is 2.38. The molecule has 0 aliphatic heterocycles. The molecular formula is C12H24. The minimum absolute atomic E-state index is 0.891. The summed E-state index contributed by atoms with van der Waals surface area (Å²) < 4.78 is 0. The predicted molar refractivity (Wildman–Crippen MR) is 55.1 cm³/mol. The highest BCUT2D eigenvalue weighted by Gasteiger charge is 2.25. The maximum atomic E-state index is 2.44. The van der Waals surface area contributed by atoms with Gasteiger partial charge >= 0.3 is 0 Å². The summed E-state index contributed by atoms with van der Waals surface area (Å²) in [5, 5.41) is 0. The van der Waals surface area contributed by atoms with Crippen molar-refractivity contribution in [2.75, 3.05) is 0 Å². The smallest absolute Gasteiger partial charge is 0.0384 e. The Morgan fingerprint density at radius 2 is 1.83 bits per heavy atom. The minimum Gasteiger partial charge on any atom is -0.0628 e. The highest BCUT2D eigenvalue weighted by atomic mass is 14.3. The third-order valence-corrected chi connectivity index (χ3v) is 3.40. The van der Waals surface area contributed by atoms with Gasteiger partial charge in [0, 0.05) is 0 Å². The number of rotatable bonds is 2. The van der Waals surface area contributed by atoms with Gasteiger partial charge in [-0.3, -0.25) is 0 Å². The van der Waals surface area contributed by atoms with Crippen LogP contribution in [0.3, 0.4) is 0 Å². The quantitative estimate of drug-likeness (QED) is 0.582. The van der Waals surface area contributed by atoms with E-state index >= 15 is 0 Å². The molecule has 0 nitrogen and oxygen atoms in total. The molecule has 0 saturated heterocycles. The van der Waals surface area contributed by atoms with Crippen molar-refractivity contribution < 1.29 is 0 Å². The van der Waals surface area contributed by atoms with Crippen molar-refractivity contribution in [3.8, 4) is 0 Å². The average molecular weight is 168 g/mol. The topological polar surface area (TPSA) is 0 Å². The zero-order chi connectivity index (χ0) is 9.14. The van der Waals surface area contributed by atoms with Crippen LogP contribution in [0.2, 0.25) is 0 Å². The summed E-state index contributed by atoms with van der Waals surface area (Å²) in [7, 11) is 0. The molecular weight excluding hydrogens is 144 g/mol. The number of hydrogen-bond donors (Lipinski definition) is 0. The summed E-state index contributed by atoms with van der Waals surface area (Å²) in [6.45, 7) is 9.57. The first kappa shape index (κ1) is 10.1. The summed E-state index contributed by atoms with van der Waals surface area (Å²) >= 11 is 0. The first-order valence-electron chi connectivity index (χ1n) is 5.59. The fourth-order valence-electron chi connectivity index (χ4n) is 2.58. The largest absolute Gasteiger partial charge is 0.0628 e. The highest BCUT2D eigenvalue weighted by Crippen LogP contribution is 2.36. The molecule has 0 aromatic carbocycles. The summed E-state index contributed by atoms with van der Waals surface area (Å²) in [6.07, 6.45) is 5.87. The van der Waals surface area contributed by atoms with Crippen LogP contribution >= 0.6 is 0 Å². The van der Waals surface area contributed by atoms with E-state index in [1.54, 1.807) is 0 Å². The lowest BCUT2D eigenvalue weighted by Crippen LogP contribution is -2.22. The summed E-state index contributed by atoms with van der Waals surface area (Å²) in [6, 6.07) is 0. The van der Waals surface area contributed by atoms with Crippen LogP contribution in [0.5, 0.6) is 0 Å². The molecule has 0 unspecified atom stereocenters. The van der Waals surface area contributed by atoms with Gasteiger partial charge < -0.3 is 0 Å². The zero-order valence-electron chi connectivity index (χ0n) is 9.14. The van der Waals surface area contributed by atoms with E-state index in [2.05, 4.69) is 27.7 Å². The summed E-state index contributed by atoms with van der Waals surface area (Å²) in [5.74, 6) is 3.89. The maximum Gasteiger partial charge on any atom is -0.0384 e. The minimum atomic E-state index is 0.891. The van der Waals surface area contributed by atoms with Crippen LogP contribution in [0.25, 0.3) is 0 Å². The Morgan fingerprint density at radius 1 is 1.17 bits per heavy atom. The van der Waals surface area contributed by atoms with Crippen LogP contribution in [-0.4, -0.2) is 0 Å². The molecule has 0 N–H and O–H groups in total. The van der Waals surface area contributed by atoms with Gasteiger partial charge in [0.25, 0.3) is 0 Å². The third-order valence-electron chi connectivity index (χ3n) is 3.40. The van der Waals surface area contributed by atoms with E-state index < -0.39 is 0 Å². The Labute approximate surface area is 77.7 Å². The van der Waals surface area contributed by atoms with Crippen LogP contribution in [-0.2, 0) is 0 Å². The Kier molecular flexibility index (Phi) is 3.61. The second-order valence-corrected chi connectivity index (χ2v) is 5.29. The Hall–Kier alpha value is 0. The predicted octanol–water partition coefficient (Wildman–Crippen LogP) is 4.10. The van der Waals surface area contributed by atoms with Crippen LogP contribution in [0.4, 0.5) is 0 Å². The molecule has 1 aliphatic rings. The highest BCUT2D eigenvalue weighted by molar-refractivity contribution is 4.76. The van der Waals surface area contributed by atoms with Crippen molar-refractivity contribution in [1.82, 2.24) is 0 Å². The van der Waals surface area contributed by atoms with Crippen molar-refractivity contribution in [1.29, 1.82) is 0 Å². The molecule has 3 atom stereocenters. The lowest BCUT2D eigenvalue weighted by atomic mass is 9.72. The van der Waals surface area contributed by atoms with Crippen molar-refractivity contribution in [3.05, 3.63) is 0 Å². The Bertz CT molecular complexity index is 124. The van der Waals surface area contributed by atoms with E-state index in [1.165, 1.54) is 25.7 Å². The molecule has 0 bridgehead atoms. The van der Waals surface area contributed by atoms with Crippen molar-refractivity contribution in [3.63, 3.8) is 0 Å². The zero-order valence-corrected chi connectivity index (χ0v) is 9.14. The molecule has 1 rings (SSSR count). The van der Waals surface area contributed by atoms with Crippen LogP contribution < -0.4 is 0 Å². The molecule has 0 heterocycles. The van der Waals surface area contributed by atoms with Gasteiger partial charge in [-0.1, -0.05) is 40.5 Å². The molecule has 0 amide bonds. The molecule has 0 aromatic rings. The van der Waals surface area contributed by atoms with Gasteiger partial charge in [-0.25, -0.2) is 0 Å². The van der Waals surface area contributed by atoms with Gasteiger partial charge in [-0.2, -0.15) is 0 Å². The normalized spacial score (nSPS) is 37.2. The van der Waals surface area contributed by atoms with E-state index in [0.717, 1.165) is 23.7 Å². The van der Waals surface area contributed by atoms with Gasteiger partial charge in [0.2, 0.25) is 0 Å². The van der Waals surface area contributed by atoms with E-state index in [9.17, 15) is 0 Å². The molecule has 0 heteroatoms. The van der Waals surface area contributed by atoms with Crippen molar-refractivity contribution in [2.24, 2.45) is 23.7 Å². The molecule has 12 heavy (non-hydrogen) atoms. The molecule has 0 aromatic heterocycles. The van der Waals surface area contributed by atoms with E-state index in [0.29, 0.717) is 0 Å². The molecule has 1 aliphatic carbocycles. The summed E-state index contributed by atoms with van der Waals surface area (Å²) in [5.41, 5.74) is 0. The second-order valence-electron chi connectivity index (χ2n) is 5.29. The SMILES string of the molecule is CC(C)C[C@H]1C[C@@H](C)CC[C@@H]1C. The lowest BCUT2D eigenvalue weighted by molar-refractivity contribution is 0.177. The van der Waals surface area contributed by atoms with E-state index in [1.807, 2.05) is 0 Å². The fraction of sp³-hybridized carbons (Fsp3) is 1.00. The monoisotopic (exact) mass is 168 g/mol. The third kappa shape index (κ3) is 2.80. The first-order valence-corrected chi connectivity index (χ1v) is 5.59. The van der Waals surface area contributed by atoms with Gasteiger partial charge in [-0.15, -0.1) is 0 Å². The van der Waals surface area contributed by atoms with Crippen LogP contribution in [0.15, 0.2) is 0 Å². The molecule has 72 valence electrons. The van der Waals surface area contributed by atoms with E-state index in [-0.39, 0.29) is 0 Å².